The molecule has 2 unspecified atom stereocenters. The molecule has 0 saturated heterocycles. The highest BCUT2D eigenvalue weighted by Gasteiger charge is 2.19. The number of carbonyl (C=O) groups is 1. The minimum Gasteiger partial charge on any atom is -0.477 e. The number of carboxylic acid groups (broad SMARTS) is 1. The van der Waals surface area contributed by atoms with E-state index in [9.17, 15) is 15.0 Å². The fourth-order valence-electron chi connectivity index (χ4n) is 1.36. The molecule has 1 aromatic heterocycles. The second kappa shape index (κ2) is 6.55. The summed E-state index contributed by atoms with van der Waals surface area (Å²) in [5, 5.41) is 31.4. The van der Waals surface area contributed by atoms with E-state index in [1.54, 1.807) is 0 Å². The van der Waals surface area contributed by atoms with Gasteiger partial charge in [-0.15, -0.1) is 0 Å². The molecule has 18 heavy (non-hydrogen) atoms. The lowest BCUT2D eigenvalue weighted by atomic mass is 10.0. The van der Waals surface area contributed by atoms with E-state index in [1.165, 1.54) is 18.3 Å². The van der Waals surface area contributed by atoms with Gasteiger partial charge >= 0.3 is 5.97 Å². The van der Waals surface area contributed by atoms with Crippen LogP contribution in [0, 0.1) is 0 Å². The zero-order valence-electron chi connectivity index (χ0n) is 9.34. The summed E-state index contributed by atoms with van der Waals surface area (Å²) in [6.07, 6.45) is -1.07. The van der Waals surface area contributed by atoms with Crippen LogP contribution in [0.2, 0.25) is 0 Å². The number of aromatic nitrogens is 1. The molecule has 0 aliphatic carbocycles. The molecule has 3 N–H and O–H groups in total. The van der Waals surface area contributed by atoms with E-state index in [0.29, 0.717) is 0 Å². The minimum atomic E-state index is -1.25. The van der Waals surface area contributed by atoms with E-state index in [2.05, 4.69) is 15.0 Å². The Hall–Kier alpha value is -2.15. The quantitative estimate of drug-likeness (QED) is 0.391. The van der Waals surface area contributed by atoms with Crippen LogP contribution in [0.25, 0.3) is 10.4 Å². The SMILES string of the molecule is [N-]=[N+]=NCCC(O)C(O)c1ccnc(C(=O)O)c1. The maximum atomic E-state index is 10.7. The normalized spacial score (nSPS) is 13.4. The lowest BCUT2D eigenvalue weighted by molar-refractivity contribution is 0.0149. The molecule has 0 radical (unpaired) electrons. The number of hydrogen-bond donors (Lipinski definition) is 3. The summed E-state index contributed by atoms with van der Waals surface area (Å²) in [6.45, 7) is 0.0472. The molecule has 0 aromatic carbocycles. The second-order valence-electron chi connectivity index (χ2n) is 3.53. The fraction of sp³-hybridized carbons (Fsp3) is 0.400. The topological polar surface area (TPSA) is 139 Å². The fourth-order valence-corrected chi connectivity index (χ4v) is 1.36. The van der Waals surface area contributed by atoms with E-state index in [1.807, 2.05) is 0 Å². The van der Waals surface area contributed by atoms with Gasteiger partial charge in [0.25, 0.3) is 0 Å². The number of nitrogens with zero attached hydrogens (tertiary/aromatic N) is 4. The number of hydrogen-bond acceptors (Lipinski definition) is 5. The van der Waals surface area contributed by atoms with Crippen LogP contribution >= 0.6 is 0 Å². The van der Waals surface area contributed by atoms with Gasteiger partial charge in [-0.3, -0.25) is 0 Å². The van der Waals surface area contributed by atoms with Gasteiger partial charge in [-0.25, -0.2) is 9.78 Å². The van der Waals surface area contributed by atoms with Crippen LogP contribution in [-0.2, 0) is 0 Å². The summed E-state index contributed by atoms with van der Waals surface area (Å²) in [5.41, 5.74) is 8.10. The van der Waals surface area contributed by atoms with Crippen LogP contribution in [0.3, 0.4) is 0 Å². The van der Waals surface area contributed by atoms with Crippen molar-refractivity contribution in [2.24, 2.45) is 5.11 Å². The maximum Gasteiger partial charge on any atom is 0.354 e. The summed E-state index contributed by atoms with van der Waals surface area (Å²) in [6, 6.07) is 2.59. The highest BCUT2D eigenvalue weighted by Crippen LogP contribution is 2.19. The van der Waals surface area contributed by atoms with E-state index >= 15 is 0 Å². The molecule has 96 valence electrons. The van der Waals surface area contributed by atoms with Crippen molar-refractivity contribution in [2.45, 2.75) is 18.6 Å². The van der Waals surface area contributed by atoms with Crippen molar-refractivity contribution in [3.8, 4) is 0 Å². The zero-order valence-corrected chi connectivity index (χ0v) is 9.34. The Morgan fingerprint density at radius 2 is 2.28 bits per heavy atom. The average Bonchev–Trinajstić information content (AvgIpc) is 2.38. The lowest BCUT2D eigenvalue weighted by Crippen LogP contribution is -2.19. The maximum absolute atomic E-state index is 10.7. The second-order valence-corrected chi connectivity index (χ2v) is 3.53. The van der Waals surface area contributed by atoms with E-state index in [4.69, 9.17) is 10.6 Å². The summed E-state index contributed by atoms with van der Waals surface area (Å²) in [7, 11) is 0. The largest absolute Gasteiger partial charge is 0.477 e. The third-order valence-corrected chi connectivity index (χ3v) is 2.30. The predicted octanol–water partition coefficient (Wildman–Crippen LogP) is 0.875. The van der Waals surface area contributed by atoms with E-state index in [-0.39, 0.29) is 24.2 Å². The van der Waals surface area contributed by atoms with E-state index < -0.39 is 18.2 Å². The smallest absolute Gasteiger partial charge is 0.354 e. The van der Waals surface area contributed by atoms with Crippen LogP contribution in [0.15, 0.2) is 23.4 Å². The summed E-state index contributed by atoms with van der Waals surface area (Å²) >= 11 is 0. The Balaban J connectivity index is 2.76. The Morgan fingerprint density at radius 1 is 1.56 bits per heavy atom. The number of azide groups is 1. The number of pyridine rings is 1. The number of rotatable bonds is 6. The number of aliphatic hydroxyl groups is 2. The van der Waals surface area contributed by atoms with E-state index in [0.717, 1.165) is 0 Å². The van der Waals surface area contributed by atoms with Gasteiger partial charge in [0.2, 0.25) is 0 Å². The van der Waals surface area contributed by atoms with Crippen LogP contribution in [-0.4, -0.2) is 38.9 Å². The van der Waals surface area contributed by atoms with Crippen molar-refractivity contribution in [2.75, 3.05) is 6.54 Å². The molecule has 0 fully saturated rings. The molecule has 0 saturated carbocycles. The van der Waals surface area contributed by atoms with Crippen LogP contribution < -0.4 is 0 Å². The third kappa shape index (κ3) is 3.70. The average molecular weight is 252 g/mol. The summed E-state index contributed by atoms with van der Waals surface area (Å²) in [4.78, 5) is 16.8. The van der Waals surface area contributed by atoms with Crippen molar-refractivity contribution in [1.29, 1.82) is 0 Å². The van der Waals surface area contributed by atoms with Gasteiger partial charge in [0.05, 0.1) is 6.10 Å². The zero-order chi connectivity index (χ0) is 13.5. The first-order valence-corrected chi connectivity index (χ1v) is 5.12. The highest BCUT2D eigenvalue weighted by molar-refractivity contribution is 5.85. The molecule has 8 nitrogen and oxygen atoms in total. The molecule has 2 atom stereocenters. The Morgan fingerprint density at radius 3 is 2.89 bits per heavy atom. The third-order valence-electron chi connectivity index (χ3n) is 2.30. The first kappa shape index (κ1) is 13.9. The van der Waals surface area contributed by atoms with Gasteiger partial charge < -0.3 is 15.3 Å². The van der Waals surface area contributed by atoms with Crippen molar-refractivity contribution >= 4 is 5.97 Å². The van der Waals surface area contributed by atoms with Crippen LogP contribution in [0.1, 0.15) is 28.6 Å². The van der Waals surface area contributed by atoms with Gasteiger partial charge in [0.15, 0.2) is 0 Å². The Kier molecular flexibility index (Phi) is 5.06. The predicted molar refractivity (Wildman–Crippen MR) is 60.8 cm³/mol. The lowest BCUT2D eigenvalue weighted by Gasteiger charge is -2.17. The summed E-state index contributed by atoms with van der Waals surface area (Å²) in [5.74, 6) is -1.22. The molecule has 0 aliphatic rings. The molecule has 1 rings (SSSR count). The molecule has 1 aromatic rings. The van der Waals surface area contributed by atoms with Gasteiger partial charge in [-0.2, -0.15) is 0 Å². The van der Waals surface area contributed by atoms with Crippen molar-refractivity contribution in [1.82, 2.24) is 4.98 Å². The Labute approximate surface area is 102 Å². The number of aliphatic hydroxyl groups excluding tert-OH is 2. The van der Waals surface area contributed by atoms with Crippen molar-refractivity contribution in [3.05, 3.63) is 40.0 Å². The molecule has 1 heterocycles. The van der Waals surface area contributed by atoms with Crippen molar-refractivity contribution in [3.63, 3.8) is 0 Å². The minimum absolute atomic E-state index is 0.0472. The van der Waals surface area contributed by atoms with Crippen LogP contribution in [0.5, 0.6) is 0 Å². The highest BCUT2D eigenvalue weighted by atomic mass is 16.4. The molecule has 0 aliphatic heterocycles. The van der Waals surface area contributed by atoms with Gasteiger partial charge in [-0.1, -0.05) is 5.11 Å². The first-order valence-electron chi connectivity index (χ1n) is 5.12. The summed E-state index contributed by atoms with van der Waals surface area (Å²) < 4.78 is 0. The van der Waals surface area contributed by atoms with Crippen LogP contribution in [0.4, 0.5) is 0 Å². The molecule has 0 spiro atoms. The molecule has 8 heteroatoms. The van der Waals surface area contributed by atoms with Gasteiger partial charge in [0, 0.05) is 17.7 Å². The van der Waals surface area contributed by atoms with Gasteiger partial charge in [0.1, 0.15) is 11.8 Å². The molecule has 0 amide bonds. The van der Waals surface area contributed by atoms with Gasteiger partial charge in [-0.05, 0) is 29.6 Å². The first-order chi connectivity index (χ1) is 8.56. The monoisotopic (exact) mass is 252 g/mol. The molecular formula is C10H12N4O4. The standard InChI is InChI=1S/C10H12N4O4/c11-14-13-4-2-8(15)9(16)6-1-3-12-7(5-6)10(17)18/h1,3,5,8-9,15-16H,2,4H2,(H,17,18). The van der Waals surface area contributed by atoms with Crippen molar-refractivity contribution < 1.29 is 20.1 Å². The Bertz CT molecular complexity index is 473. The number of aromatic carboxylic acids is 1. The molecular weight excluding hydrogens is 240 g/mol. The molecule has 0 bridgehead atoms. The number of carboxylic acids is 1.